The molecule has 1 spiro atoms. The summed E-state index contributed by atoms with van der Waals surface area (Å²) < 4.78 is 6.48. The fourth-order valence-corrected chi connectivity index (χ4v) is 4.30. The van der Waals surface area contributed by atoms with Gasteiger partial charge in [-0.2, -0.15) is 0 Å². The zero-order valence-electron chi connectivity index (χ0n) is 13.5. The van der Waals surface area contributed by atoms with Gasteiger partial charge in [-0.25, -0.2) is 0 Å². The van der Waals surface area contributed by atoms with Crippen molar-refractivity contribution in [1.29, 1.82) is 0 Å². The predicted molar refractivity (Wildman–Crippen MR) is 87.3 cm³/mol. The second-order valence-electron chi connectivity index (χ2n) is 6.86. The summed E-state index contributed by atoms with van der Waals surface area (Å²) in [4.78, 5) is 0. The highest BCUT2D eigenvalue weighted by Gasteiger charge is 2.56. The van der Waals surface area contributed by atoms with Crippen LogP contribution in [0.2, 0.25) is 0 Å². The van der Waals surface area contributed by atoms with E-state index in [1.165, 1.54) is 44.1 Å². The van der Waals surface area contributed by atoms with Crippen LogP contribution in [0, 0.1) is 5.41 Å². The maximum Gasteiger partial charge on any atom is 0.0800 e. The second-order valence-corrected chi connectivity index (χ2v) is 6.86. The van der Waals surface area contributed by atoms with Crippen LogP contribution in [0.4, 0.5) is 0 Å². The third-order valence-electron chi connectivity index (χ3n) is 5.60. The number of hydrogen-bond acceptors (Lipinski definition) is 2. The Morgan fingerprint density at radius 2 is 1.95 bits per heavy atom. The molecule has 116 valence electrons. The maximum atomic E-state index is 6.48. The SMILES string of the molecule is CCCNC1CC(OC(C)c2ccccc2)C12CCCC2. The predicted octanol–water partition coefficient (Wildman–Crippen LogP) is 4.47. The van der Waals surface area contributed by atoms with E-state index in [9.17, 15) is 0 Å². The van der Waals surface area contributed by atoms with Gasteiger partial charge in [-0.05, 0) is 44.7 Å². The molecule has 1 aromatic carbocycles. The van der Waals surface area contributed by atoms with Crippen molar-refractivity contribution >= 4 is 0 Å². The molecule has 2 aliphatic carbocycles. The molecule has 2 aliphatic rings. The summed E-state index contributed by atoms with van der Waals surface area (Å²) >= 11 is 0. The lowest BCUT2D eigenvalue weighted by molar-refractivity contribution is -0.158. The van der Waals surface area contributed by atoms with Crippen molar-refractivity contribution in [3.8, 4) is 0 Å². The minimum Gasteiger partial charge on any atom is -0.370 e. The number of hydrogen-bond donors (Lipinski definition) is 1. The first kappa shape index (κ1) is 15.1. The van der Waals surface area contributed by atoms with Crippen LogP contribution < -0.4 is 5.32 Å². The van der Waals surface area contributed by atoms with E-state index in [0.29, 0.717) is 17.6 Å². The Balaban J connectivity index is 1.63. The van der Waals surface area contributed by atoms with Crippen LogP contribution in [-0.4, -0.2) is 18.7 Å². The van der Waals surface area contributed by atoms with Crippen LogP contribution in [0.15, 0.2) is 30.3 Å². The Bertz CT molecular complexity index is 438. The van der Waals surface area contributed by atoms with Gasteiger partial charge in [-0.3, -0.25) is 0 Å². The summed E-state index contributed by atoms with van der Waals surface area (Å²) in [5.74, 6) is 0. The van der Waals surface area contributed by atoms with Crippen molar-refractivity contribution in [2.75, 3.05) is 6.54 Å². The molecule has 3 atom stereocenters. The molecule has 2 nitrogen and oxygen atoms in total. The first-order valence-corrected chi connectivity index (χ1v) is 8.70. The highest BCUT2D eigenvalue weighted by atomic mass is 16.5. The third-order valence-corrected chi connectivity index (χ3v) is 5.60. The van der Waals surface area contributed by atoms with Crippen LogP contribution in [0.25, 0.3) is 0 Å². The summed E-state index contributed by atoms with van der Waals surface area (Å²) in [5.41, 5.74) is 1.73. The Labute approximate surface area is 129 Å². The van der Waals surface area contributed by atoms with E-state index in [1.54, 1.807) is 0 Å². The van der Waals surface area contributed by atoms with E-state index in [1.807, 2.05) is 0 Å². The molecule has 21 heavy (non-hydrogen) atoms. The third kappa shape index (κ3) is 2.89. The van der Waals surface area contributed by atoms with Gasteiger partial charge in [0, 0.05) is 11.5 Å². The highest BCUT2D eigenvalue weighted by molar-refractivity contribution is 5.18. The average molecular weight is 287 g/mol. The molecule has 1 N–H and O–H groups in total. The monoisotopic (exact) mass is 287 g/mol. The highest BCUT2D eigenvalue weighted by Crippen LogP contribution is 2.55. The topological polar surface area (TPSA) is 21.3 Å². The van der Waals surface area contributed by atoms with Gasteiger partial charge >= 0.3 is 0 Å². The fraction of sp³-hybridized carbons (Fsp3) is 0.684. The van der Waals surface area contributed by atoms with Crippen LogP contribution >= 0.6 is 0 Å². The van der Waals surface area contributed by atoms with E-state index in [4.69, 9.17) is 4.74 Å². The summed E-state index contributed by atoms with van der Waals surface area (Å²) in [5, 5.41) is 3.76. The molecule has 2 saturated carbocycles. The van der Waals surface area contributed by atoms with Gasteiger partial charge in [-0.1, -0.05) is 50.1 Å². The van der Waals surface area contributed by atoms with Crippen LogP contribution in [0.5, 0.6) is 0 Å². The minimum absolute atomic E-state index is 0.209. The molecule has 0 amide bonds. The summed E-state index contributed by atoms with van der Waals surface area (Å²) in [6.45, 7) is 5.59. The van der Waals surface area contributed by atoms with Gasteiger partial charge in [0.25, 0.3) is 0 Å². The zero-order valence-corrected chi connectivity index (χ0v) is 13.5. The molecular weight excluding hydrogens is 258 g/mol. The first-order chi connectivity index (χ1) is 10.3. The zero-order chi connectivity index (χ0) is 14.7. The molecule has 3 rings (SSSR count). The molecule has 2 heteroatoms. The smallest absolute Gasteiger partial charge is 0.0800 e. The molecule has 0 aromatic heterocycles. The van der Waals surface area contributed by atoms with E-state index >= 15 is 0 Å². The Hall–Kier alpha value is -0.860. The van der Waals surface area contributed by atoms with Crippen LogP contribution in [0.3, 0.4) is 0 Å². The van der Waals surface area contributed by atoms with Gasteiger partial charge in [0.1, 0.15) is 0 Å². The molecule has 0 aliphatic heterocycles. The molecule has 1 aromatic rings. The van der Waals surface area contributed by atoms with Crippen molar-refractivity contribution in [3.05, 3.63) is 35.9 Å². The first-order valence-electron chi connectivity index (χ1n) is 8.70. The normalized spacial score (nSPS) is 28.5. The second kappa shape index (κ2) is 6.50. The van der Waals surface area contributed by atoms with Crippen LogP contribution in [0.1, 0.15) is 64.0 Å². The summed E-state index contributed by atoms with van der Waals surface area (Å²) in [7, 11) is 0. The van der Waals surface area contributed by atoms with Crippen molar-refractivity contribution < 1.29 is 4.74 Å². The van der Waals surface area contributed by atoms with Gasteiger partial charge < -0.3 is 10.1 Å². The van der Waals surface area contributed by atoms with Crippen molar-refractivity contribution in [3.63, 3.8) is 0 Å². The van der Waals surface area contributed by atoms with Crippen LogP contribution in [-0.2, 0) is 4.74 Å². The Morgan fingerprint density at radius 1 is 1.24 bits per heavy atom. The van der Waals surface area contributed by atoms with Gasteiger partial charge in [0.05, 0.1) is 12.2 Å². The molecule has 0 bridgehead atoms. The minimum atomic E-state index is 0.209. The Morgan fingerprint density at radius 3 is 2.62 bits per heavy atom. The fourth-order valence-electron chi connectivity index (χ4n) is 4.30. The number of rotatable bonds is 6. The van der Waals surface area contributed by atoms with E-state index in [0.717, 1.165) is 6.54 Å². The van der Waals surface area contributed by atoms with E-state index in [-0.39, 0.29) is 6.10 Å². The largest absolute Gasteiger partial charge is 0.370 e. The summed E-state index contributed by atoms with van der Waals surface area (Å²) in [6, 6.07) is 11.3. The lowest BCUT2D eigenvalue weighted by Crippen LogP contribution is -2.62. The quantitative estimate of drug-likeness (QED) is 0.833. The average Bonchev–Trinajstić information content (AvgIpc) is 3.03. The molecule has 0 heterocycles. The molecule has 0 radical (unpaired) electrons. The number of ether oxygens (including phenoxy) is 1. The maximum absolute atomic E-state index is 6.48. The Kier molecular flexibility index (Phi) is 4.66. The van der Waals surface area contributed by atoms with Gasteiger partial charge in [0.2, 0.25) is 0 Å². The number of benzene rings is 1. The molecule has 3 unspecified atom stereocenters. The molecule has 0 saturated heterocycles. The lowest BCUT2D eigenvalue weighted by atomic mass is 9.60. The van der Waals surface area contributed by atoms with E-state index in [2.05, 4.69) is 49.5 Å². The molecule has 2 fully saturated rings. The molecular formula is C19H29NO. The lowest BCUT2D eigenvalue weighted by Gasteiger charge is -2.55. The van der Waals surface area contributed by atoms with Crippen molar-refractivity contribution in [2.45, 2.75) is 70.6 Å². The summed E-state index contributed by atoms with van der Waals surface area (Å²) in [6.07, 6.45) is 8.52. The van der Waals surface area contributed by atoms with Gasteiger partial charge in [0.15, 0.2) is 0 Å². The van der Waals surface area contributed by atoms with E-state index < -0.39 is 0 Å². The standard InChI is InChI=1S/C19H29NO/c1-3-13-20-17-14-18(19(17)11-7-8-12-19)21-15(2)16-9-5-4-6-10-16/h4-6,9-10,15,17-18,20H,3,7-8,11-14H2,1-2H3. The number of nitrogens with one attached hydrogen (secondary N) is 1. The van der Waals surface area contributed by atoms with Crippen molar-refractivity contribution in [1.82, 2.24) is 5.32 Å². The van der Waals surface area contributed by atoms with Crippen molar-refractivity contribution in [2.24, 2.45) is 5.41 Å². The van der Waals surface area contributed by atoms with Gasteiger partial charge in [-0.15, -0.1) is 0 Å².